The van der Waals surface area contributed by atoms with Crippen molar-refractivity contribution in [2.75, 3.05) is 41.6 Å². The number of hydrogen-bond acceptors (Lipinski definition) is 5. The van der Waals surface area contributed by atoms with Crippen LogP contribution in [0.25, 0.3) is 0 Å². The molecule has 1 aliphatic heterocycles. The van der Waals surface area contributed by atoms with Gasteiger partial charge in [-0.1, -0.05) is 19.3 Å². The van der Waals surface area contributed by atoms with E-state index in [-0.39, 0.29) is 11.3 Å². The van der Waals surface area contributed by atoms with Gasteiger partial charge in [0.1, 0.15) is 0 Å². The first-order valence-electron chi connectivity index (χ1n) is 9.76. The first-order valence-corrected chi connectivity index (χ1v) is 11.4. The molecule has 1 saturated heterocycles. The first-order chi connectivity index (χ1) is 12.9. The van der Waals surface area contributed by atoms with Crippen LogP contribution in [0.15, 0.2) is 18.2 Å². The molecule has 2 aliphatic rings. The number of sulfonamides is 1. The summed E-state index contributed by atoms with van der Waals surface area (Å²) in [6, 6.07) is 5.44. The second-order valence-corrected chi connectivity index (χ2v) is 9.37. The van der Waals surface area contributed by atoms with Crippen LogP contribution >= 0.6 is 0 Å². The summed E-state index contributed by atoms with van der Waals surface area (Å²) in [4.78, 5) is 16.4. The van der Waals surface area contributed by atoms with Crippen molar-refractivity contribution in [1.82, 2.24) is 4.90 Å². The van der Waals surface area contributed by atoms with Gasteiger partial charge in [0.2, 0.25) is 10.0 Å². The Balaban J connectivity index is 1.71. The first kappa shape index (κ1) is 19.9. The zero-order chi connectivity index (χ0) is 19.4. The Labute approximate surface area is 161 Å². The maximum atomic E-state index is 11.7. The van der Waals surface area contributed by atoms with Gasteiger partial charge in [0.25, 0.3) is 0 Å². The van der Waals surface area contributed by atoms with Gasteiger partial charge in [0.15, 0.2) is 0 Å². The topological polar surface area (TPSA) is 90.0 Å². The maximum absolute atomic E-state index is 11.7. The molecule has 2 fully saturated rings. The third kappa shape index (κ3) is 4.93. The lowest BCUT2D eigenvalue weighted by molar-refractivity contribution is 0.0697. The molecule has 150 valence electrons. The van der Waals surface area contributed by atoms with Gasteiger partial charge >= 0.3 is 5.97 Å². The fraction of sp³-hybridized carbons (Fsp3) is 0.632. The fourth-order valence-electron chi connectivity index (χ4n) is 4.07. The molecular formula is C19H29N3O4S. The number of hydrogen-bond donors (Lipinski definition) is 2. The summed E-state index contributed by atoms with van der Waals surface area (Å²) in [5.41, 5.74) is 1.08. The Bertz CT molecular complexity index is 767. The molecule has 0 unspecified atom stereocenters. The van der Waals surface area contributed by atoms with Crippen molar-refractivity contribution in [3.05, 3.63) is 23.8 Å². The van der Waals surface area contributed by atoms with Gasteiger partial charge in [0, 0.05) is 37.9 Å². The third-order valence-corrected chi connectivity index (χ3v) is 6.93. The third-order valence-electron chi connectivity index (χ3n) is 5.63. The monoisotopic (exact) mass is 395 g/mol. The SMILES string of the molecule is CCS(=O)(=O)Nc1ccc(N2CCN(C3CCCCC3)CC2)c(C(=O)O)c1. The smallest absolute Gasteiger partial charge is 0.337 e. The van der Waals surface area contributed by atoms with Crippen molar-refractivity contribution in [1.29, 1.82) is 0 Å². The number of carboxylic acid groups (broad SMARTS) is 1. The van der Waals surface area contributed by atoms with Crippen LogP contribution in [0, 0.1) is 0 Å². The molecule has 3 rings (SSSR count). The van der Waals surface area contributed by atoms with Crippen molar-refractivity contribution in [2.24, 2.45) is 0 Å². The number of aromatic carboxylic acids is 1. The molecule has 1 saturated carbocycles. The van der Waals surface area contributed by atoms with Crippen molar-refractivity contribution in [3.8, 4) is 0 Å². The summed E-state index contributed by atoms with van der Waals surface area (Å²) in [5, 5.41) is 9.62. The van der Waals surface area contributed by atoms with E-state index in [0.717, 1.165) is 26.2 Å². The Kier molecular flexibility index (Phi) is 6.26. The summed E-state index contributed by atoms with van der Waals surface area (Å²) < 4.78 is 25.9. The summed E-state index contributed by atoms with van der Waals surface area (Å²) in [5.74, 6) is -1.10. The molecule has 0 spiro atoms. The predicted octanol–water partition coefficient (Wildman–Crippen LogP) is 2.60. The van der Waals surface area contributed by atoms with Gasteiger partial charge in [-0.25, -0.2) is 13.2 Å². The molecule has 2 N–H and O–H groups in total. The predicted molar refractivity (Wildman–Crippen MR) is 107 cm³/mol. The van der Waals surface area contributed by atoms with Gasteiger partial charge in [0.05, 0.1) is 17.0 Å². The van der Waals surface area contributed by atoms with Crippen LogP contribution in [0.1, 0.15) is 49.4 Å². The fourth-order valence-corrected chi connectivity index (χ4v) is 4.70. The van der Waals surface area contributed by atoms with E-state index in [9.17, 15) is 18.3 Å². The second kappa shape index (κ2) is 8.48. The normalized spacial score (nSPS) is 19.8. The minimum absolute atomic E-state index is 0.0553. The number of anilines is 2. The highest BCUT2D eigenvalue weighted by atomic mass is 32.2. The van der Waals surface area contributed by atoms with Crippen molar-refractivity contribution < 1.29 is 18.3 Å². The molecule has 7 nitrogen and oxygen atoms in total. The van der Waals surface area contributed by atoms with Gasteiger partial charge in [-0.3, -0.25) is 9.62 Å². The molecule has 1 heterocycles. The second-order valence-electron chi connectivity index (χ2n) is 7.36. The number of carboxylic acids is 1. The quantitative estimate of drug-likeness (QED) is 0.770. The zero-order valence-corrected chi connectivity index (χ0v) is 16.7. The molecule has 0 bridgehead atoms. The van der Waals surface area contributed by atoms with Crippen LogP contribution in [-0.2, 0) is 10.0 Å². The number of nitrogens with zero attached hydrogens (tertiary/aromatic N) is 2. The molecular weight excluding hydrogens is 366 g/mol. The van der Waals surface area contributed by atoms with Crippen molar-refractivity contribution in [3.63, 3.8) is 0 Å². The molecule has 1 aliphatic carbocycles. The standard InChI is InChI=1S/C19H29N3O4S/c1-2-27(25,26)20-15-8-9-18(17(14-15)19(23)24)22-12-10-21(11-13-22)16-6-4-3-5-7-16/h8-9,14,16,20H,2-7,10-13H2,1H3,(H,23,24). The Hall–Kier alpha value is -1.80. The van der Waals surface area contributed by atoms with Crippen molar-refractivity contribution in [2.45, 2.75) is 45.1 Å². The highest BCUT2D eigenvalue weighted by Gasteiger charge is 2.27. The van der Waals surface area contributed by atoms with E-state index in [1.165, 1.54) is 38.2 Å². The molecule has 0 amide bonds. The van der Waals surface area contributed by atoms with Crippen LogP contribution < -0.4 is 9.62 Å². The molecule has 8 heteroatoms. The Morgan fingerprint density at radius 2 is 1.81 bits per heavy atom. The molecule has 0 atom stereocenters. The van der Waals surface area contributed by atoms with Crippen LogP contribution in [0.3, 0.4) is 0 Å². The molecule has 1 aromatic rings. The van der Waals surface area contributed by atoms with E-state index in [4.69, 9.17) is 0 Å². The van der Waals surface area contributed by atoms with Gasteiger partial charge in [-0.05, 0) is 38.0 Å². The summed E-state index contributed by atoms with van der Waals surface area (Å²) in [6.07, 6.45) is 6.50. The lowest BCUT2D eigenvalue weighted by Crippen LogP contribution is -2.51. The minimum Gasteiger partial charge on any atom is -0.478 e. The number of benzene rings is 1. The summed E-state index contributed by atoms with van der Waals surface area (Å²) in [6.45, 7) is 5.00. The van der Waals surface area contributed by atoms with Crippen molar-refractivity contribution >= 4 is 27.4 Å². The molecule has 1 aromatic carbocycles. The molecule has 27 heavy (non-hydrogen) atoms. The van der Waals surface area contributed by atoms with E-state index in [1.807, 2.05) is 0 Å². The van der Waals surface area contributed by atoms with Crippen LogP contribution in [0.2, 0.25) is 0 Å². The highest BCUT2D eigenvalue weighted by Crippen LogP contribution is 2.28. The minimum atomic E-state index is -3.44. The number of piperazine rings is 1. The van der Waals surface area contributed by atoms with Gasteiger partial charge < -0.3 is 10.0 Å². The average molecular weight is 396 g/mol. The van der Waals surface area contributed by atoms with Crippen LogP contribution in [0.4, 0.5) is 11.4 Å². The zero-order valence-electron chi connectivity index (χ0n) is 15.9. The van der Waals surface area contributed by atoms with E-state index in [1.54, 1.807) is 19.1 Å². The Morgan fingerprint density at radius 1 is 1.15 bits per heavy atom. The summed E-state index contributed by atoms with van der Waals surface area (Å²) in [7, 11) is -3.44. The highest BCUT2D eigenvalue weighted by molar-refractivity contribution is 7.92. The van der Waals surface area contributed by atoms with Crippen LogP contribution in [0.5, 0.6) is 0 Å². The summed E-state index contributed by atoms with van der Waals surface area (Å²) >= 11 is 0. The molecule has 0 aromatic heterocycles. The van der Waals surface area contributed by atoms with E-state index < -0.39 is 16.0 Å². The van der Waals surface area contributed by atoms with E-state index in [2.05, 4.69) is 14.5 Å². The lowest BCUT2D eigenvalue weighted by atomic mass is 9.94. The largest absolute Gasteiger partial charge is 0.478 e. The van der Waals surface area contributed by atoms with Gasteiger partial charge in [-0.2, -0.15) is 0 Å². The van der Waals surface area contributed by atoms with Crippen LogP contribution in [-0.4, -0.2) is 62.4 Å². The average Bonchev–Trinajstić information content (AvgIpc) is 2.68. The van der Waals surface area contributed by atoms with Gasteiger partial charge in [-0.15, -0.1) is 0 Å². The lowest BCUT2D eigenvalue weighted by Gasteiger charge is -2.41. The Morgan fingerprint density at radius 3 is 2.41 bits per heavy atom. The maximum Gasteiger partial charge on any atom is 0.337 e. The van der Waals surface area contributed by atoms with E-state index in [0.29, 0.717) is 17.4 Å². The number of carbonyl (C=O) groups is 1. The molecule has 0 radical (unpaired) electrons. The number of nitrogens with one attached hydrogen (secondary N) is 1. The van der Waals surface area contributed by atoms with E-state index >= 15 is 0 Å². The number of rotatable bonds is 6.